The summed E-state index contributed by atoms with van der Waals surface area (Å²) in [4.78, 5) is 8.32. The molecule has 2 fully saturated rings. The summed E-state index contributed by atoms with van der Waals surface area (Å²) >= 11 is 0. The molecular weight excluding hydrogens is 200 g/mol. The quantitative estimate of drug-likeness (QED) is 0.792. The van der Waals surface area contributed by atoms with E-state index in [1.54, 1.807) is 12.4 Å². The fraction of sp³-hybridized carbons (Fsp3) is 0.667. The Kier molecular flexibility index (Phi) is 2.42. The Morgan fingerprint density at radius 1 is 1.19 bits per heavy atom. The summed E-state index contributed by atoms with van der Waals surface area (Å²) in [6.45, 7) is 1.03. The van der Waals surface area contributed by atoms with Crippen LogP contribution in [0.2, 0.25) is 0 Å². The van der Waals surface area contributed by atoms with Crippen molar-refractivity contribution in [3.8, 4) is 0 Å². The molecule has 3 N–H and O–H groups in total. The van der Waals surface area contributed by atoms with Crippen molar-refractivity contribution >= 4 is 11.6 Å². The molecule has 0 aliphatic heterocycles. The van der Waals surface area contributed by atoms with Gasteiger partial charge in [-0.2, -0.15) is 0 Å². The molecule has 1 aromatic rings. The van der Waals surface area contributed by atoms with Gasteiger partial charge in [-0.25, -0.2) is 9.97 Å². The fourth-order valence-electron chi connectivity index (χ4n) is 2.41. The van der Waals surface area contributed by atoms with E-state index in [4.69, 9.17) is 5.73 Å². The fourth-order valence-corrected chi connectivity index (χ4v) is 2.41. The van der Waals surface area contributed by atoms with Crippen molar-refractivity contribution in [3.05, 3.63) is 12.4 Å². The Hall–Kier alpha value is -1.32. The zero-order chi connectivity index (χ0) is 11.0. The number of nitrogens with zero attached hydrogens (tertiary/aromatic N) is 2. The van der Waals surface area contributed by atoms with Gasteiger partial charge in [-0.1, -0.05) is 0 Å². The first-order chi connectivity index (χ1) is 7.83. The van der Waals surface area contributed by atoms with E-state index in [9.17, 15) is 0 Å². The van der Waals surface area contributed by atoms with Crippen LogP contribution in [0.4, 0.5) is 11.6 Å². The number of rotatable bonds is 5. The van der Waals surface area contributed by atoms with E-state index in [-0.39, 0.29) is 0 Å². The van der Waals surface area contributed by atoms with Gasteiger partial charge in [-0.15, -0.1) is 0 Å². The van der Waals surface area contributed by atoms with Crippen LogP contribution in [0, 0.1) is 17.8 Å². The van der Waals surface area contributed by atoms with Crippen molar-refractivity contribution in [2.75, 3.05) is 17.6 Å². The number of hydrogen-bond donors (Lipinski definition) is 2. The van der Waals surface area contributed by atoms with Gasteiger partial charge in [0.1, 0.15) is 0 Å². The zero-order valence-corrected chi connectivity index (χ0v) is 9.39. The smallest absolute Gasteiger partial charge is 0.222 e. The summed E-state index contributed by atoms with van der Waals surface area (Å²) in [6, 6.07) is 0. The summed E-state index contributed by atoms with van der Waals surface area (Å²) in [5.74, 6) is 3.49. The summed E-state index contributed by atoms with van der Waals surface area (Å²) < 4.78 is 0. The monoisotopic (exact) mass is 218 g/mol. The molecule has 16 heavy (non-hydrogen) atoms. The standard InChI is InChI=1S/C12H18N4/c13-10-5-14-12(15-6-10)16-7-11(8-1-2-8)9-3-4-9/h5-6,8-9,11H,1-4,7,13H2,(H,14,15,16). The molecule has 86 valence electrons. The van der Waals surface area contributed by atoms with Crippen molar-refractivity contribution in [2.24, 2.45) is 17.8 Å². The van der Waals surface area contributed by atoms with Crippen molar-refractivity contribution < 1.29 is 0 Å². The molecule has 3 rings (SSSR count). The normalized spacial score (nSPS) is 20.1. The lowest BCUT2D eigenvalue weighted by Crippen LogP contribution is -2.19. The van der Waals surface area contributed by atoms with Gasteiger partial charge >= 0.3 is 0 Å². The van der Waals surface area contributed by atoms with Crippen LogP contribution < -0.4 is 11.1 Å². The maximum absolute atomic E-state index is 5.55. The molecule has 0 saturated heterocycles. The molecule has 0 bridgehead atoms. The van der Waals surface area contributed by atoms with E-state index >= 15 is 0 Å². The second kappa shape index (κ2) is 3.92. The minimum absolute atomic E-state index is 0.617. The number of nitrogens with one attached hydrogen (secondary N) is 1. The van der Waals surface area contributed by atoms with Gasteiger partial charge in [-0.3, -0.25) is 0 Å². The Morgan fingerprint density at radius 3 is 2.25 bits per heavy atom. The van der Waals surface area contributed by atoms with Gasteiger partial charge < -0.3 is 11.1 Å². The summed E-state index contributed by atoms with van der Waals surface area (Å²) in [7, 11) is 0. The molecular formula is C12H18N4. The number of hydrogen-bond acceptors (Lipinski definition) is 4. The van der Waals surface area contributed by atoms with Crippen LogP contribution in [0.25, 0.3) is 0 Å². The first kappa shape index (κ1) is 9.87. The highest BCUT2D eigenvalue weighted by Crippen LogP contribution is 2.49. The minimum Gasteiger partial charge on any atom is -0.396 e. The number of nitrogen functional groups attached to an aromatic ring is 1. The van der Waals surface area contributed by atoms with E-state index in [1.165, 1.54) is 25.7 Å². The second-order valence-electron chi connectivity index (χ2n) is 5.06. The molecule has 2 saturated carbocycles. The van der Waals surface area contributed by atoms with Gasteiger partial charge in [0.2, 0.25) is 5.95 Å². The van der Waals surface area contributed by atoms with Crippen molar-refractivity contribution in [1.82, 2.24) is 9.97 Å². The van der Waals surface area contributed by atoms with Crippen molar-refractivity contribution in [2.45, 2.75) is 25.7 Å². The van der Waals surface area contributed by atoms with E-state index in [2.05, 4.69) is 15.3 Å². The first-order valence-electron chi connectivity index (χ1n) is 6.14. The number of nitrogens with two attached hydrogens (primary N) is 1. The molecule has 4 heteroatoms. The van der Waals surface area contributed by atoms with Crippen LogP contribution >= 0.6 is 0 Å². The third kappa shape index (κ3) is 2.26. The van der Waals surface area contributed by atoms with Crippen LogP contribution in [-0.4, -0.2) is 16.5 Å². The molecule has 0 spiro atoms. The van der Waals surface area contributed by atoms with Gasteiger partial charge in [-0.05, 0) is 43.4 Å². The maximum Gasteiger partial charge on any atom is 0.222 e. The highest BCUT2D eigenvalue weighted by atomic mass is 15.1. The SMILES string of the molecule is Nc1cnc(NCC(C2CC2)C2CC2)nc1. The molecule has 0 aromatic carbocycles. The maximum atomic E-state index is 5.55. The van der Waals surface area contributed by atoms with Crippen LogP contribution in [0.1, 0.15) is 25.7 Å². The van der Waals surface area contributed by atoms with E-state index < -0.39 is 0 Å². The van der Waals surface area contributed by atoms with Gasteiger partial charge in [0.15, 0.2) is 0 Å². The van der Waals surface area contributed by atoms with Gasteiger partial charge in [0.25, 0.3) is 0 Å². The van der Waals surface area contributed by atoms with Crippen molar-refractivity contribution in [1.29, 1.82) is 0 Å². The van der Waals surface area contributed by atoms with Crippen LogP contribution in [0.5, 0.6) is 0 Å². The van der Waals surface area contributed by atoms with Crippen molar-refractivity contribution in [3.63, 3.8) is 0 Å². The Balaban J connectivity index is 1.56. The highest BCUT2D eigenvalue weighted by molar-refractivity contribution is 5.35. The number of aromatic nitrogens is 2. The largest absolute Gasteiger partial charge is 0.396 e. The average molecular weight is 218 g/mol. The summed E-state index contributed by atoms with van der Waals surface area (Å²) in [6.07, 6.45) is 8.99. The lowest BCUT2D eigenvalue weighted by Gasteiger charge is -2.15. The molecule has 1 heterocycles. The van der Waals surface area contributed by atoms with Gasteiger partial charge in [0, 0.05) is 6.54 Å². The molecule has 0 atom stereocenters. The molecule has 0 amide bonds. The van der Waals surface area contributed by atoms with Gasteiger partial charge in [0.05, 0.1) is 18.1 Å². The lowest BCUT2D eigenvalue weighted by molar-refractivity contribution is 0.427. The molecule has 0 unspecified atom stereocenters. The predicted octanol–water partition coefficient (Wildman–Crippen LogP) is 1.91. The predicted molar refractivity (Wildman–Crippen MR) is 63.9 cm³/mol. The first-order valence-corrected chi connectivity index (χ1v) is 6.14. The third-order valence-electron chi connectivity index (χ3n) is 3.62. The molecule has 2 aliphatic rings. The molecule has 0 radical (unpaired) electrons. The molecule has 1 aromatic heterocycles. The molecule has 2 aliphatic carbocycles. The highest BCUT2D eigenvalue weighted by Gasteiger charge is 2.41. The van der Waals surface area contributed by atoms with E-state index in [1.807, 2.05) is 0 Å². The Bertz CT molecular complexity index is 342. The van der Waals surface area contributed by atoms with E-state index in [0.717, 1.165) is 24.3 Å². The number of anilines is 2. The second-order valence-corrected chi connectivity index (χ2v) is 5.06. The van der Waals surface area contributed by atoms with Crippen LogP contribution in [0.3, 0.4) is 0 Å². The van der Waals surface area contributed by atoms with Crippen LogP contribution in [-0.2, 0) is 0 Å². The lowest BCUT2D eigenvalue weighted by atomic mass is 9.98. The van der Waals surface area contributed by atoms with E-state index in [0.29, 0.717) is 11.6 Å². The summed E-state index contributed by atoms with van der Waals surface area (Å²) in [5, 5.41) is 3.34. The average Bonchev–Trinajstić information content (AvgIpc) is 3.15. The Labute approximate surface area is 95.7 Å². The molecule has 4 nitrogen and oxygen atoms in total. The summed E-state index contributed by atoms with van der Waals surface area (Å²) in [5.41, 5.74) is 6.16. The Morgan fingerprint density at radius 2 is 1.75 bits per heavy atom. The zero-order valence-electron chi connectivity index (χ0n) is 9.39. The van der Waals surface area contributed by atoms with Crippen LogP contribution in [0.15, 0.2) is 12.4 Å². The topological polar surface area (TPSA) is 63.8 Å². The minimum atomic E-state index is 0.617. The third-order valence-corrected chi connectivity index (χ3v) is 3.62.